The largest absolute Gasteiger partial charge is 0.455 e. The van der Waals surface area contributed by atoms with Crippen molar-refractivity contribution in [1.29, 1.82) is 0 Å². The minimum Gasteiger partial charge on any atom is -0.455 e. The lowest BCUT2D eigenvalue weighted by Gasteiger charge is -2.25. The smallest absolute Gasteiger partial charge is 0.255 e. The van der Waals surface area contributed by atoms with Gasteiger partial charge in [-0.1, -0.05) is 24.3 Å². The number of furan rings is 1. The molecule has 0 bridgehead atoms. The molecule has 2 aromatic heterocycles. The average molecular weight is 508 g/mol. The molecule has 190 valence electrons. The number of carbonyl (C=O) groups is 2. The summed E-state index contributed by atoms with van der Waals surface area (Å²) in [6.07, 6.45) is 1.70. The van der Waals surface area contributed by atoms with E-state index < -0.39 is 5.54 Å². The van der Waals surface area contributed by atoms with Gasteiger partial charge in [-0.25, -0.2) is 4.39 Å². The molecule has 7 heteroatoms. The molecule has 0 fully saturated rings. The first-order valence-electron chi connectivity index (χ1n) is 12.2. The SMILES string of the molecule is CNC(=O)c1c(-c2ccc(F)cc2)oc2ccc(-c3cccc(C(=O)NC(C)(C)c4ccccn4)c3)cc12. The number of carbonyl (C=O) groups excluding carboxylic acids is 2. The van der Waals surface area contributed by atoms with Gasteiger partial charge in [-0.2, -0.15) is 0 Å². The van der Waals surface area contributed by atoms with Gasteiger partial charge in [-0.15, -0.1) is 0 Å². The van der Waals surface area contributed by atoms with Gasteiger partial charge < -0.3 is 15.1 Å². The van der Waals surface area contributed by atoms with Crippen molar-refractivity contribution in [2.45, 2.75) is 19.4 Å². The van der Waals surface area contributed by atoms with Gasteiger partial charge in [0.15, 0.2) is 0 Å². The second-order valence-corrected chi connectivity index (χ2v) is 9.48. The van der Waals surface area contributed by atoms with Crippen molar-refractivity contribution in [2.24, 2.45) is 0 Å². The van der Waals surface area contributed by atoms with E-state index >= 15 is 0 Å². The number of pyridine rings is 1. The molecule has 0 spiro atoms. The molecule has 38 heavy (non-hydrogen) atoms. The molecule has 3 aromatic carbocycles. The Morgan fingerprint density at radius 2 is 1.58 bits per heavy atom. The number of benzene rings is 3. The third kappa shape index (κ3) is 4.78. The Morgan fingerprint density at radius 3 is 2.29 bits per heavy atom. The number of hydrogen-bond acceptors (Lipinski definition) is 4. The molecule has 0 aliphatic heterocycles. The number of nitrogens with zero attached hydrogens (tertiary/aromatic N) is 1. The third-order valence-electron chi connectivity index (χ3n) is 6.44. The fraction of sp³-hybridized carbons (Fsp3) is 0.129. The molecule has 0 saturated heterocycles. The molecule has 0 aliphatic carbocycles. The highest BCUT2D eigenvalue weighted by Gasteiger charge is 2.25. The summed E-state index contributed by atoms with van der Waals surface area (Å²) in [5.41, 5.74) is 3.70. The lowest BCUT2D eigenvalue weighted by molar-refractivity contribution is 0.0909. The summed E-state index contributed by atoms with van der Waals surface area (Å²) < 4.78 is 19.5. The molecule has 0 atom stereocenters. The van der Waals surface area contributed by atoms with Crippen LogP contribution in [0.15, 0.2) is 95.5 Å². The topological polar surface area (TPSA) is 84.2 Å². The summed E-state index contributed by atoms with van der Waals surface area (Å²) in [7, 11) is 1.55. The van der Waals surface area contributed by atoms with Gasteiger partial charge in [0.25, 0.3) is 11.8 Å². The van der Waals surface area contributed by atoms with Crippen molar-refractivity contribution >= 4 is 22.8 Å². The van der Waals surface area contributed by atoms with Gasteiger partial charge in [0.2, 0.25) is 0 Å². The lowest BCUT2D eigenvalue weighted by atomic mass is 9.97. The molecule has 2 amide bonds. The molecule has 5 rings (SSSR count). The Labute approximate surface area is 219 Å². The van der Waals surface area contributed by atoms with Crippen LogP contribution in [0.4, 0.5) is 4.39 Å². The van der Waals surface area contributed by atoms with Crippen molar-refractivity contribution in [3.05, 3.63) is 114 Å². The first-order valence-corrected chi connectivity index (χ1v) is 12.2. The zero-order valence-corrected chi connectivity index (χ0v) is 21.2. The predicted molar refractivity (Wildman–Crippen MR) is 145 cm³/mol. The maximum Gasteiger partial charge on any atom is 0.255 e. The molecule has 2 N–H and O–H groups in total. The summed E-state index contributed by atoms with van der Waals surface area (Å²) in [6.45, 7) is 3.81. The first-order chi connectivity index (χ1) is 18.3. The van der Waals surface area contributed by atoms with Crippen LogP contribution in [0.1, 0.15) is 40.3 Å². The number of halogens is 1. The van der Waals surface area contributed by atoms with Gasteiger partial charge in [0.05, 0.1) is 16.8 Å². The van der Waals surface area contributed by atoms with E-state index in [1.807, 2.05) is 62.4 Å². The van der Waals surface area contributed by atoms with Crippen LogP contribution in [-0.2, 0) is 5.54 Å². The molecule has 0 saturated carbocycles. The Hall–Kier alpha value is -4.78. The summed E-state index contributed by atoms with van der Waals surface area (Å²) >= 11 is 0. The summed E-state index contributed by atoms with van der Waals surface area (Å²) in [6, 6.07) is 24.2. The number of aromatic nitrogens is 1. The number of nitrogens with one attached hydrogen (secondary N) is 2. The summed E-state index contributed by atoms with van der Waals surface area (Å²) in [4.78, 5) is 30.4. The summed E-state index contributed by atoms with van der Waals surface area (Å²) in [5, 5.41) is 6.34. The molecular formula is C31H26FN3O3. The maximum absolute atomic E-state index is 13.5. The molecule has 2 heterocycles. The van der Waals surface area contributed by atoms with Crippen LogP contribution in [-0.4, -0.2) is 23.8 Å². The standard InChI is InChI=1S/C31H26FN3O3/c1-31(2,26-9-4-5-16-34-26)35-29(36)22-8-6-7-20(17-22)21-12-15-25-24(18-21)27(30(37)33-3)28(38-25)19-10-13-23(32)14-11-19/h4-18H,1-3H3,(H,33,37)(H,35,36). The van der Waals surface area contributed by atoms with Crippen LogP contribution in [0.25, 0.3) is 33.4 Å². The van der Waals surface area contributed by atoms with E-state index in [1.54, 1.807) is 37.5 Å². The number of rotatable bonds is 6. The van der Waals surface area contributed by atoms with Crippen LogP contribution in [0.5, 0.6) is 0 Å². The second kappa shape index (κ2) is 9.94. The fourth-order valence-corrected chi connectivity index (χ4v) is 4.42. The van der Waals surface area contributed by atoms with E-state index in [9.17, 15) is 14.0 Å². The Balaban J connectivity index is 1.52. The Kier molecular flexibility index (Phi) is 6.51. The minimum absolute atomic E-state index is 0.225. The summed E-state index contributed by atoms with van der Waals surface area (Å²) in [5.74, 6) is -0.552. The van der Waals surface area contributed by atoms with Crippen LogP contribution in [0, 0.1) is 5.82 Å². The number of fused-ring (bicyclic) bond motifs is 1. The fourth-order valence-electron chi connectivity index (χ4n) is 4.42. The second-order valence-electron chi connectivity index (χ2n) is 9.48. The van der Waals surface area contributed by atoms with Crippen LogP contribution >= 0.6 is 0 Å². The van der Waals surface area contributed by atoms with E-state index in [1.165, 1.54) is 12.1 Å². The van der Waals surface area contributed by atoms with Crippen LogP contribution in [0.2, 0.25) is 0 Å². The van der Waals surface area contributed by atoms with Crippen molar-refractivity contribution < 1.29 is 18.4 Å². The molecule has 0 radical (unpaired) electrons. The quantitative estimate of drug-likeness (QED) is 0.281. The zero-order chi connectivity index (χ0) is 26.9. The highest BCUT2D eigenvalue weighted by molar-refractivity contribution is 6.11. The van der Waals surface area contributed by atoms with Gasteiger partial charge in [0.1, 0.15) is 17.2 Å². The van der Waals surface area contributed by atoms with Gasteiger partial charge in [-0.05, 0) is 85.6 Å². The Morgan fingerprint density at radius 1 is 0.842 bits per heavy atom. The first kappa shape index (κ1) is 24.9. The average Bonchev–Trinajstić information content (AvgIpc) is 3.32. The number of hydrogen-bond donors (Lipinski definition) is 2. The third-order valence-corrected chi connectivity index (χ3v) is 6.44. The van der Waals surface area contributed by atoms with E-state index in [4.69, 9.17) is 4.42 Å². The highest BCUT2D eigenvalue weighted by Crippen LogP contribution is 2.36. The van der Waals surface area contributed by atoms with E-state index in [-0.39, 0.29) is 17.6 Å². The van der Waals surface area contributed by atoms with Crippen molar-refractivity contribution in [1.82, 2.24) is 15.6 Å². The Bertz CT molecular complexity index is 1640. The van der Waals surface area contributed by atoms with Crippen molar-refractivity contribution in [3.63, 3.8) is 0 Å². The van der Waals surface area contributed by atoms with Crippen molar-refractivity contribution in [3.8, 4) is 22.5 Å². The van der Waals surface area contributed by atoms with Gasteiger partial charge in [0, 0.05) is 29.8 Å². The van der Waals surface area contributed by atoms with Crippen molar-refractivity contribution in [2.75, 3.05) is 7.05 Å². The minimum atomic E-state index is -0.663. The van der Waals surface area contributed by atoms with Crippen LogP contribution in [0.3, 0.4) is 0 Å². The molecular weight excluding hydrogens is 481 g/mol. The molecule has 5 aromatic rings. The lowest BCUT2D eigenvalue weighted by Crippen LogP contribution is -2.41. The van der Waals surface area contributed by atoms with Gasteiger partial charge in [-0.3, -0.25) is 14.6 Å². The van der Waals surface area contributed by atoms with E-state index in [0.717, 1.165) is 16.8 Å². The highest BCUT2D eigenvalue weighted by atomic mass is 19.1. The number of amides is 2. The molecule has 0 aliphatic rings. The van der Waals surface area contributed by atoms with Crippen LogP contribution < -0.4 is 10.6 Å². The van der Waals surface area contributed by atoms with E-state index in [2.05, 4.69) is 15.6 Å². The molecule has 6 nitrogen and oxygen atoms in total. The monoisotopic (exact) mass is 507 g/mol. The van der Waals surface area contributed by atoms with Gasteiger partial charge >= 0.3 is 0 Å². The van der Waals surface area contributed by atoms with E-state index in [0.29, 0.717) is 33.4 Å². The normalized spacial score (nSPS) is 11.4. The maximum atomic E-state index is 13.5. The zero-order valence-electron chi connectivity index (χ0n) is 21.2. The predicted octanol–water partition coefficient (Wildman–Crippen LogP) is 6.33. The molecule has 0 unspecified atom stereocenters.